The van der Waals surface area contributed by atoms with Crippen LogP contribution in [0.5, 0.6) is 5.75 Å². The van der Waals surface area contributed by atoms with Crippen LogP contribution >= 0.6 is 11.6 Å². The van der Waals surface area contributed by atoms with E-state index in [-0.39, 0.29) is 11.3 Å². The Morgan fingerprint density at radius 1 is 1.39 bits per heavy atom. The molecule has 0 spiro atoms. The number of benzene rings is 1. The predicted octanol–water partition coefficient (Wildman–Crippen LogP) is 4.22. The molecule has 18 heavy (non-hydrogen) atoms. The van der Waals surface area contributed by atoms with Crippen LogP contribution < -0.4 is 10.1 Å². The number of hydrogen-bond acceptors (Lipinski definition) is 2. The molecule has 0 atom stereocenters. The Balaban J connectivity index is 2.82. The Labute approximate surface area is 111 Å². The third-order valence-corrected chi connectivity index (χ3v) is 3.11. The summed E-state index contributed by atoms with van der Waals surface area (Å²) < 4.78 is 29.0. The van der Waals surface area contributed by atoms with Crippen LogP contribution in [0.4, 0.5) is 8.78 Å². The zero-order valence-electron chi connectivity index (χ0n) is 10.8. The smallest absolute Gasteiger partial charge is 0.387 e. The summed E-state index contributed by atoms with van der Waals surface area (Å²) >= 11 is 5.87. The zero-order chi connectivity index (χ0) is 13.8. The number of hydrogen-bond donors (Lipinski definition) is 1. The lowest BCUT2D eigenvalue weighted by atomic mass is 10.0. The van der Waals surface area contributed by atoms with Crippen LogP contribution in [0.3, 0.4) is 0 Å². The van der Waals surface area contributed by atoms with Crippen molar-refractivity contribution < 1.29 is 13.5 Å². The molecule has 0 aliphatic heterocycles. The minimum atomic E-state index is -2.83. The summed E-state index contributed by atoms with van der Waals surface area (Å²) in [4.78, 5) is 0. The normalized spacial score (nSPS) is 11.9. The second-order valence-corrected chi connectivity index (χ2v) is 5.16. The van der Waals surface area contributed by atoms with Crippen molar-refractivity contribution >= 4 is 11.6 Å². The Morgan fingerprint density at radius 2 is 2.06 bits per heavy atom. The molecule has 0 aliphatic rings. The highest BCUT2D eigenvalue weighted by molar-refractivity contribution is 6.30. The molecule has 0 heterocycles. The fourth-order valence-electron chi connectivity index (χ4n) is 1.36. The van der Waals surface area contributed by atoms with Gasteiger partial charge in [-0.3, -0.25) is 0 Å². The van der Waals surface area contributed by atoms with Gasteiger partial charge in [0.15, 0.2) is 0 Å². The second kappa shape index (κ2) is 6.34. The topological polar surface area (TPSA) is 21.3 Å². The third kappa shape index (κ3) is 4.78. The standard InChI is InChI=1S/C13H18ClF2NO/c1-4-13(2,3)17-8-9-7-10(14)5-6-11(9)18-12(15)16/h5-7,12,17H,4,8H2,1-3H3. The van der Waals surface area contributed by atoms with Gasteiger partial charge in [-0.2, -0.15) is 8.78 Å². The molecule has 102 valence electrons. The van der Waals surface area contributed by atoms with Crippen LogP contribution in [-0.2, 0) is 6.54 Å². The first-order valence-corrected chi connectivity index (χ1v) is 6.20. The average molecular weight is 278 g/mol. The number of alkyl halides is 2. The van der Waals surface area contributed by atoms with Gasteiger partial charge < -0.3 is 10.1 Å². The summed E-state index contributed by atoms with van der Waals surface area (Å²) in [5.74, 6) is 0.161. The number of ether oxygens (including phenoxy) is 1. The molecule has 0 saturated heterocycles. The lowest BCUT2D eigenvalue weighted by molar-refractivity contribution is -0.0505. The maximum atomic E-state index is 12.3. The zero-order valence-corrected chi connectivity index (χ0v) is 11.5. The van der Waals surface area contributed by atoms with Crippen LogP contribution in [-0.4, -0.2) is 12.2 Å². The average Bonchev–Trinajstić information content (AvgIpc) is 2.29. The lowest BCUT2D eigenvalue weighted by Crippen LogP contribution is -2.37. The largest absolute Gasteiger partial charge is 0.434 e. The fraction of sp³-hybridized carbons (Fsp3) is 0.538. The van der Waals surface area contributed by atoms with Gasteiger partial charge in [0.25, 0.3) is 0 Å². The van der Waals surface area contributed by atoms with Gasteiger partial charge in [-0.1, -0.05) is 18.5 Å². The SMILES string of the molecule is CCC(C)(C)NCc1cc(Cl)ccc1OC(F)F. The molecular weight excluding hydrogens is 260 g/mol. The molecular formula is C13H18ClF2NO. The summed E-state index contributed by atoms with van der Waals surface area (Å²) in [5, 5.41) is 3.78. The van der Waals surface area contributed by atoms with E-state index < -0.39 is 6.61 Å². The molecule has 0 fully saturated rings. The molecule has 0 unspecified atom stereocenters. The van der Waals surface area contributed by atoms with E-state index in [2.05, 4.69) is 17.0 Å². The highest BCUT2D eigenvalue weighted by Gasteiger charge is 2.16. The van der Waals surface area contributed by atoms with Crippen molar-refractivity contribution in [2.45, 2.75) is 45.9 Å². The van der Waals surface area contributed by atoms with E-state index in [1.807, 2.05) is 13.8 Å². The van der Waals surface area contributed by atoms with E-state index in [4.69, 9.17) is 11.6 Å². The van der Waals surface area contributed by atoms with Crippen LogP contribution in [0.25, 0.3) is 0 Å². The van der Waals surface area contributed by atoms with E-state index in [0.717, 1.165) is 6.42 Å². The van der Waals surface area contributed by atoms with Crippen molar-refractivity contribution in [3.05, 3.63) is 28.8 Å². The van der Waals surface area contributed by atoms with Crippen molar-refractivity contribution in [2.75, 3.05) is 0 Å². The molecule has 1 N–H and O–H groups in total. The number of rotatable bonds is 6. The third-order valence-electron chi connectivity index (χ3n) is 2.88. The van der Waals surface area contributed by atoms with Crippen LogP contribution in [0.1, 0.15) is 32.8 Å². The first kappa shape index (κ1) is 15.2. The van der Waals surface area contributed by atoms with Crippen molar-refractivity contribution in [1.82, 2.24) is 5.32 Å². The Hall–Kier alpha value is -0.870. The minimum Gasteiger partial charge on any atom is -0.434 e. The van der Waals surface area contributed by atoms with Gasteiger partial charge in [0.2, 0.25) is 0 Å². The predicted molar refractivity (Wildman–Crippen MR) is 69.3 cm³/mol. The summed E-state index contributed by atoms with van der Waals surface area (Å²) in [7, 11) is 0. The quantitative estimate of drug-likeness (QED) is 0.841. The Bertz CT molecular complexity index is 397. The van der Waals surface area contributed by atoms with Gasteiger partial charge in [0, 0.05) is 22.7 Å². The summed E-state index contributed by atoms with van der Waals surface area (Å²) in [5.41, 5.74) is 0.564. The molecule has 0 amide bonds. The maximum absolute atomic E-state index is 12.3. The lowest BCUT2D eigenvalue weighted by Gasteiger charge is -2.25. The van der Waals surface area contributed by atoms with Crippen molar-refractivity contribution in [2.24, 2.45) is 0 Å². The first-order valence-electron chi connectivity index (χ1n) is 5.82. The van der Waals surface area contributed by atoms with E-state index in [0.29, 0.717) is 17.1 Å². The molecule has 0 aromatic heterocycles. The molecule has 5 heteroatoms. The van der Waals surface area contributed by atoms with Gasteiger partial charge in [-0.25, -0.2) is 0 Å². The molecule has 1 aromatic carbocycles. The highest BCUT2D eigenvalue weighted by atomic mass is 35.5. The molecule has 2 nitrogen and oxygen atoms in total. The Kier molecular flexibility index (Phi) is 5.35. The molecule has 0 saturated carbocycles. The van der Waals surface area contributed by atoms with Gasteiger partial charge in [0.1, 0.15) is 5.75 Å². The van der Waals surface area contributed by atoms with Crippen LogP contribution in [0.15, 0.2) is 18.2 Å². The Morgan fingerprint density at radius 3 is 2.61 bits per heavy atom. The van der Waals surface area contributed by atoms with E-state index in [9.17, 15) is 8.78 Å². The monoisotopic (exact) mass is 277 g/mol. The van der Waals surface area contributed by atoms with E-state index in [1.165, 1.54) is 12.1 Å². The minimum absolute atomic E-state index is 0.0651. The van der Waals surface area contributed by atoms with Crippen molar-refractivity contribution in [3.8, 4) is 5.75 Å². The van der Waals surface area contributed by atoms with Crippen LogP contribution in [0, 0.1) is 0 Å². The molecule has 0 aliphatic carbocycles. The van der Waals surface area contributed by atoms with E-state index >= 15 is 0 Å². The summed E-state index contributed by atoms with van der Waals surface area (Å²) in [6.07, 6.45) is 0.929. The molecule has 1 rings (SSSR count). The molecule has 0 radical (unpaired) electrons. The second-order valence-electron chi connectivity index (χ2n) is 4.72. The van der Waals surface area contributed by atoms with Crippen LogP contribution in [0.2, 0.25) is 5.02 Å². The van der Waals surface area contributed by atoms with E-state index in [1.54, 1.807) is 6.07 Å². The van der Waals surface area contributed by atoms with Gasteiger partial charge in [-0.15, -0.1) is 0 Å². The van der Waals surface area contributed by atoms with Crippen molar-refractivity contribution in [3.63, 3.8) is 0 Å². The molecule has 0 bridgehead atoms. The highest BCUT2D eigenvalue weighted by Crippen LogP contribution is 2.25. The number of halogens is 3. The van der Waals surface area contributed by atoms with Crippen molar-refractivity contribution in [1.29, 1.82) is 0 Å². The summed E-state index contributed by atoms with van der Waals surface area (Å²) in [6.45, 7) is 3.76. The number of nitrogens with one attached hydrogen (secondary N) is 1. The van der Waals surface area contributed by atoms with Gasteiger partial charge >= 0.3 is 6.61 Å². The fourth-order valence-corrected chi connectivity index (χ4v) is 1.55. The first-order chi connectivity index (χ1) is 8.34. The van der Waals surface area contributed by atoms with Gasteiger partial charge in [0.05, 0.1) is 0 Å². The molecule has 1 aromatic rings. The summed E-state index contributed by atoms with van der Waals surface area (Å²) in [6, 6.07) is 4.64. The van der Waals surface area contributed by atoms with Gasteiger partial charge in [-0.05, 0) is 38.5 Å². The maximum Gasteiger partial charge on any atom is 0.387 e.